The number of nitro benzene ring substituents is 2. The minimum atomic E-state index is -0.588. The van der Waals surface area contributed by atoms with Gasteiger partial charge < -0.3 is 45.0 Å². The van der Waals surface area contributed by atoms with Gasteiger partial charge in [0, 0.05) is 144 Å². The van der Waals surface area contributed by atoms with Gasteiger partial charge in [0.1, 0.15) is 63.8 Å². The summed E-state index contributed by atoms with van der Waals surface area (Å²) in [5, 5.41) is 82.2. The van der Waals surface area contributed by atoms with E-state index in [2.05, 4.69) is 132 Å². The molecule has 1 radical (unpaired) electrons. The second kappa shape index (κ2) is 29.8. The molecule has 3 aliphatic rings. The third-order valence-corrected chi connectivity index (χ3v) is 15.9. The summed E-state index contributed by atoms with van der Waals surface area (Å²) in [6.45, 7) is 30.1. The molecule has 0 spiro atoms. The first-order chi connectivity index (χ1) is 43.3. The minimum Gasteiger partial charge on any atom is -0.506 e. The van der Waals surface area contributed by atoms with Crippen LogP contribution in [0.25, 0.3) is 16.7 Å². The van der Waals surface area contributed by atoms with Crippen LogP contribution >= 0.6 is 0 Å². The molecule has 22 heteroatoms. The summed E-state index contributed by atoms with van der Waals surface area (Å²) in [6, 6.07) is 33.5. The van der Waals surface area contributed by atoms with Crippen molar-refractivity contribution in [1.82, 2.24) is 4.58 Å². The molecule has 0 amide bonds. The zero-order valence-electron chi connectivity index (χ0n) is 53.9. The molecule has 21 nitrogen and oxygen atoms in total. The van der Waals surface area contributed by atoms with E-state index >= 15 is 0 Å². The molecule has 5 N–H and O–H groups in total. The number of likely N-dealkylation sites (N-methyl/N-ethyl adjacent to an activating group) is 1. The van der Waals surface area contributed by atoms with E-state index in [0.717, 1.165) is 119 Å². The predicted octanol–water partition coefficient (Wildman–Crippen LogP) is 15.8. The molecule has 7 aromatic rings. The molecule has 10 rings (SSSR count). The van der Waals surface area contributed by atoms with Crippen molar-refractivity contribution in [1.29, 1.82) is 0 Å². The Morgan fingerprint density at radius 1 is 0.598 bits per heavy atom. The fourth-order valence-corrected chi connectivity index (χ4v) is 11.5. The van der Waals surface area contributed by atoms with Crippen LogP contribution in [0.1, 0.15) is 129 Å². The van der Waals surface area contributed by atoms with Gasteiger partial charge in [0.05, 0.1) is 33.6 Å². The van der Waals surface area contributed by atoms with Gasteiger partial charge in [-0.05, 0) is 146 Å². The van der Waals surface area contributed by atoms with E-state index in [1.54, 1.807) is 36.4 Å². The molecule has 7 aromatic carbocycles. The number of aromatic hydroxyl groups is 4. The Balaban J connectivity index is 0.000000210. The number of rotatable bonds is 18. The van der Waals surface area contributed by atoms with Crippen LogP contribution in [0.4, 0.5) is 51.2 Å². The van der Waals surface area contributed by atoms with Crippen LogP contribution in [-0.2, 0) is 21.5 Å². The zero-order valence-corrected chi connectivity index (χ0v) is 54.9. The summed E-state index contributed by atoms with van der Waals surface area (Å²) < 4.78 is 15.0. The number of hydrogen-bond donors (Lipinski definition) is 5. The number of fused-ring (bicyclic) bond motifs is 4. The summed E-state index contributed by atoms with van der Waals surface area (Å²) >= 11 is 0. The van der Waals surface area contributed by atoms with Gasteiger partial charge in [-0.15, -0.1) is 20.5 Å². The number of allylic oxidation sites excluding steroid dienone is 2. The van der Waals surface area contributed by atoms with Crippen LogP contribution in [0.3, 0.4) is 0 Å². The number of phenolic OH excluding ortho intramolecular Hbond substituents is 4. The maximum absolute atomic E-state index is 13.5. The number of azo groups is 2. The fraction of sp³-hybridized carbons (Fsp3) is 0.314. The van der Waals surface area contributed by atoms with Crippen molar-refractivity contribution >= 4 is 73.9 Å². The molecule has 3 aliphatic heterocycles. The van der Waals surface area contributed by atoms with Crippen molar-refractivity contribution < 1.29 is 61.3 Å². The maximum Gasteiger partial charge on any atom is 0.338 e. The first kappa shape index (κ1) is 69.5. The molecular weight excluding hydrogens is 1220 g/mol. The molecule has 0 aromatic heterocycles. The number of ether oxygens (including phenoxy) is 2. The largest absolute Gasteiger partial charge is 0.506 e. The molecule has 3 heterocycles. The van der Waals surface area contributed by atoms with Gasteiger partial charge in [-0.3, -0.25) is 20.2 Å². The van der Waals surface area contributed by atoms with Crippen molar-refractivity contribution in [2.24, 2.45) is 20.5 Å². The van der Waals surface area contributed by atoms with E-state index in [9.17, 15) is 45.4 Å². The second-order valence-corrected chi connectivity index (χ2v) is 23.1. The van der Waals surface area contributed by atoms with Gasteiger partial charge in [0.15, 0.2) is 5.54 Å². The molecule has 483 valence electrons. The van der Waals surface area contributed by atoms with Crippen LogP contribution in [0, 0.1) is 20.2 Å². The van der Waals surface area contributed by atoms with Gasteiger partial charge in [0.2, 0.25) is 5.36 Å². The van der Waals surface area contributed by atoms with E-state index in [0.29, 0.717) is 12.2 Å². The Bertz CT molecular complexity index is 4080. The molecule has 0 fully saturated rings. The van der Waals surface area contributed by atoms with Gasteiger partial charge in [-0.1, -0.05) is 37.6 Å². The number of hydrogen-bond acceptors (Lipinski definition) is 18. The van der Waals surface area contributed by atoms with E-state index < -0.39 is 9.85 Å². The summed E-state index contributed by atoms with van der Waals surface area (Å²) in [5.41, 5.74) is 10.5. The molecule has 0 aliphatic carbocycles. The minimum absolute atomic E-state index is 0. The number of nitrogens with zero attached hydrogens (tertiary/aromatic N) is 9. The number of nitro groups is 2. The van der Waals surface area contributed by atoms with Gasteiger partial charge >= 0.3 is 5.97 Å². The number of unbranched alkanes of at least 4 members (excludes halogenated alkanes) is 1. The first-order valence-corrected chi connectivity index (χ1v) is 30.4. The fourth-order valence-electron chi connectivity index (χ4n) is 11.5. The van der Waals surface area contributed by atoms with Crippen molar-refractivity contribution in [3.8, 4) is 34.5 Å². The third-order valence-electron chi connectivity index (χ3n) is 15.9. The van der Waals surface area contributed by atoms with Crippen molar-refractivity contribution in [2.75, 3.05) is 54.4 Å². The number of nitrogens with one attached hydrogen (secondary N) is 1. The van der Waals surface area contributed by atoms with Crippen molar-refractivity contribution in [3.63, 3.8) is 0 Å². The molecule has 0 saturated heterocycles. The van der Waals surface area contributed by atoms with E-state index in [4.69, 9.17) is 9.47 Å². The first-order valence-electron chi connectivity index (χ1n) is 30.4. The number of carbonyl (C=O) groups is 1. The van der Waals surface area contributed by atoms with Gasteiger partial charge in [-0.25, -0.2) is 9.37 Å². The van der Waals surface area contributed by atoms with E-state index in [-0.39, 0.29) is 90.9 Å². The Morgan fingerprint density at radius 2 is 1.12 bits per heavy atom. The summed E-state index contributed by atoms with van der Waals surface area (Å²) in [7, 11) is 0. The number of carbonyl (C=O) groups excluding carboxylic acids is 1. The molecule has 0 atom stereocenters. The number of esters is 1. The number of non-ortho nitro benzene ring substituents is 2. The van der Waals surface area contributed by atoms with Crippen molar-refractivity contribution in [3.05, 3.63) is 192 Å². The summed E-state index contributed by atoms with van der Waals surface area (Å²) in [5.74, 6) is 0.685. The SMILES string of the molecule is CCCCOC(=O)c1ccccc1C1=c2cc3c(cc2Oc2cc4c(cc21)C(C)=CC(C)(C)N4)=[N+](CC)C(C)(C)C=C3C.CCN(CC)c1ccc(N=Nc2cc([N+](=O)[O-])ccc2O)c(O)c1.CCN(CC)c1ccc(N=Nc2cc([N+](=O)[O-])ccc2O)c(O)c1.[Co]. The molecular formula is C70H79CoN10O11+. The zero-order chi connectivity index (χ0) is 66.1. The molecule has 0 saturated carbocycles. The Kier molecular flexibility index (Phi) is 22.5. The predicted molar refractivity (Wildman–Crippen MR) is 358 cm³/mol. The summed E-state index contributed by atoms with van der Waals surface area (Å²) in [6.07, 6.45) is 6.42. The Labute approximate surface area is 545 Å². The van der Waals surface area contributed by atoms with Crippen LogP contribution in [0.5, 0.6) is 34.5 Å². The standard InChI is InChI=1S/C38H42N2O3.2C16H18N4O4.Co/c1-9-11-16-42-36(41)26-15-13-12-14-25(26)35-29-17-27-23(3)21-37(5,6)39-31(27)19-33(29)43-34-20-32-28(18-30(34)35)24(4)22-38(7,8)40(32)10-2;2*1-3-19(4-2)11-5-7-13(16(22)10-11)17-18-14-9-12(20(23)24)6-8-15(14)21;/h12-15,17-22H,9-11,16H2,1-8H3;2*5-10,21-22H,3-4H2,1-2H3;/p+1. The quantitative estimate of drug-likeness (QED) is 0.0133. The average Bonchev–Trinajstić information content (AvgIpc) is 0.723. The van der Waals surface area contributed by atoms with Crippen LogP contribution in [0.2, 0.25) is 0 Å². The maximum atomic E-state index is 13.5. The van der Waals surface area contributed by atoms with Crippen molar-refractivity contribution in [2.45, 2.75) is 107 Å². The molecule has 0 bridgehead atoms. The Hall–Kier alpha value is -9.93. The van der Waals surface area contributed by atoms with E-state index in [1.165, 1.54) is 41.0 Å². The summed E-state index contributed by atoms with van der Waals surface area (Å²) in [4.78, 5) is 38.0. The molecule has 92 heavy (non-hydrogen) atoms. The molecule has 0 unspecified atom stereocenters. The third kappa shape index (κ3) is 15.6. The topological polar surface area (TPSA) is 274 Å². The normalized spacial score (nSPS) is 13.8. The van der Waals surface area contributed by atoms with Crippen LogP contribution < -0.4 is 35.0 Å². The number of benzene rings is 7. The average molecular weight is 1300 g/mol. The van der Waals surface area contributed by atoms with Crippen LogP contribution in [0.15, 0.2) is 154 Å². The number of anilines is 3. The smallest absolute Gasteiger partial charge is 0.338 e. The second-order valence-electron chi connectivity index (χ2n) is 23.1. The number of phenols is 4. The van der Waals surface area contributed by atoms with E-state index in [1.807, 2.05) is 52.0 Å². The van der Waals surface area contributed by atoms with Gasteiger partial charge in [0.25, 0.3) is 11.4 Å². The monoisotopic (exact) mass is 1290 g/mol. The van der Waals surface area contributed by atoms with Crippen LogP contribution in [-0.4, -0.2) is 86.7 Å². The Morgan fingerprint density at radius 3 is 1.62 bits per heavy atom. The van der Waals surface area contributed by atoms with Gasteiger partial charge in [-0.2, -0.15) is 0 Å².